The number of ether oxygens (including phenoxy) is 1. The number of amides is 1. The van der Waals surface area contributed by atoms with Crippen LogP contribution >= 0.6 is 11.6 Å². The van der Waals surface area contributed by atoms with Crippen molar-refractivity contribution in [2.45, 2.75) is 37.3 Å². The molecule has 3 aliphatic rings. The molecular formula is C24H22ClNO3. The Morgan fingerprint density at radius 1 is 1.17 bits per heavy atom. The van der Waals surface area contributed by atoms with Crippen molar-refractivity contribution in [3.63, 3.8) is 0 Å². The van der Waals surface area contributed by atoms with Gasteiger partial charge in [-0.3, -0.25) is 4.79 Å². The van der Waals surface area contributed by atoms with E-state index in [9.17, 15) is 9.90 Å². The van der Waals surface area contributed by atoms with Crippen LogP contribution in [-0.4, -0.2) is 16.7 Å². The minimum absolute atomic E-state index is 0.00155. The van der Waals surface area contributed by atoms with Gasteiger partial charge in [0, 0.05) is 28.8 Å². The van der Waals surface area contributed by atoms with Crippen LogP contribution in [0.1, 0.15) is 42.7 Å². The van der Waals surface area contributed by atoms with E-state index in [0.29, 0.717) is 10.6 Å². The van der Waals surface area contributed by atoms with Crippen LogP contribution in [0.15, 0.2) is 65.9 Å². The lowest BCUT2D eigenvalue weighted by atomic mass is 9.64. The van der Waals surface area contributed by atoms with Gasteiger partial charge in [0.25, 0.3) is 5.91 Å². The number of carbonyl (C=O) groups excluding carboxylic acids is 1. The molecule has 5 rings (SSSR count). The van der Waals surface area contributed by atoms with Gasteiger partial charge in [-0.15, -0.1) is 0 Å². The third kappa shape index (κ3) is 3.03. The number of halogens is 1. The van der Waals surface area contributed by atoms with Crippen LogP contribution in [0.5, 0.6) is 5.75 Å². The predicted molar refractivity (Wildman–Crippen MR) is 113 cm³/mol. The summed E-state index contributed by atoms with van der Waals surface area (Å²) in [5.74, 6) is 0.482. The van der Waals surface area contributed by atoms with Gasteiger partial charge in [-0.25, -0.2) is 0 Å². The summed E-state index contributed by atoms with van der Waals surface area (Å²) < 4.78 is 6.37. The van der Waals surface area contributed by atoms with Crippen molar-refractivity contribution >= 4 is 23.6 Å². The maximum Gasteiger partial charge on any atom is 0.254 e. The number of aliphatic hydroxyl groups is 1. The maximum atomic E-state index is 13.1. The topological polar surface area (TPSA) is 58.6 Å². The number of aliphatic hydroxyl groups excluding tert-OH is 1. The largest absolute Gasteiger partial charge is 0.507 e. The third-order valence-corrected chi connectivity index (χ3v) is 6.57. The van der Waals surface area contributed by atoms with Gasteiger partial charge in [0.15, 0.2) is 5.72 Å². The summed E-state index contributed by atoms with van der Waals surface area (Å²) in [6, 6.07) is 15.2. The van der Waals surface area contributed by atoms with E-state index < -0.39 is 5.72 Å². The minimum Gasteiger partial charge on any atom is -0.507 e. The second-order valence-electron chi connectivity index (χ2n) is 8.00. The van der Waals surface area contributed by atoms with Gasteiger partial charge in [0.1, 0.15) is 11.5 Å². The normalized spacial score (nSPS) is 29.5. The lowest BCUT2D eigenvalue weighted by molar-refractivity contribution is -0.140. The van der Waals surface area contributed by atoms with Crippen molar-refractivity contribution in [2.75, 3.05) is 0 Å². The molecule has 1 aliphatic carbocycles. The molecule has 0 spiro atoms. The molecule has 2 N–H and O–H groups in total. The lowest BCUT2D eigenvalue weighted by Crippen LogP contribution is -2.66. The van der Waals surface area contributed by atoms with Crippen LogP contribution in [0.4, 0.5) is 0 Å². The predicted octanol–water partition coefficient (Wildman–Crippen LogP) is 5.36. The summed E-state index contributed by atoms with van der Waals surface area (Å²) in [6.07, 6.45) is 7.26. The number of carbonyl (C=O) groups is 1. The fourth-order valence-electron chi connectivity index (χ4n) is 5.03. The Balaban J connectivity index is 1.60. The SMILES string of the molecule is O=C1NC23CCCCC2C(/C1=C(O)\C=C\c1ccc(Cl)cc1)c1ccccc1O3. The summed E-state index contributed by atoms with van der Waals surface area (Å²) in [5, 5.41) is 14.7. The molecule has 2 aromatic carbocycles. The van der Waals surface area contributed by atoms with E-state index in [1.807, 2.05) is 36.4 Å². The zero-order chi connectivity index (χ0) is 20.0. The molecule has 5 heteroatoms. The fraction of sp³-hybridized carbons (Fsp3) is 0.292. The molecular weight excluding hydrogens is 386 g/mol. The fourth-order valence-corrected chi connectivity index (χ4v) is 5.16. The van der Waals surface area contributed by atoms with Crippen LogP contribution in [0.2, 0.25) is 5.02 Å². The molecule has 2 aromatic rings. The number of piperidine rings is 1. The number of hydrogen-bond donors (Lipinski definition) is 2. The molecule has 2 aliphatic heterocycles. The molecule has 1 saturated heterocycles. The van der Waals surface area contributed by atoms with Crippen molar-refractivity contribution in [2.24, 2.45) is 5.92 Å². The number of hydrogen-bond acceptors (Lipinski definition) is 3. The number of nitrogens with one attached hydrogen (secondary N) is 1. The van der Waals surface area contributed by atoms with Crippen molar-refractivity contribution < 1.29 is 14.6 Å². The van der Waals surface area contributed by atoms with Gasteiger partial charge in [0.05, 0.1) is 5.57 Å². The number of allylic oxidation sites excluding steroid dienone is 1. The van der Waals surface area contributed by atoms with Gasteiger partial charge in [-0.1, -0.05) is 54.4 Å². The Morgan fingerprint density at radius 3 is 2.79 bits per heavy atom. The molecule has 1 saturated carbocycles. The highest BCUT2D eigenvalue weighted by molar-refractivity contribution is 6.30. The van der Waals surface area contributed by atoms with E-state index in [2.05, 4.69) is 5.32 Å². The molecule has 4 nitrogen and oxygen atoms in total. The average Bonchev–Trinajstić information content (AvgIpc) is 2.72. The molecule has 29 heavy (non-hydrogen) atoms. The molecule has 0 aromatic heterocycles. The van der Waals surface area contributed by atoms with E-state index in [4.69, 9.17) is 16.3 Å². The first-order valence-electron chi connectivity index (χ1n) is 10.0. The Morgan fingerprint density at radius 2 is 1.97 bits per heavy atom. The van der Waals surface area contributed by atoms with Crippen molar-refractivity contribution in [3.8, 4) is 5.75 Å². The first-order valence-corrected chi connectivity index (χ1v) is 10.4. The van der Waals surface area contributed by atoms with E-state index in [1.54, 1.807) is 24.3 Å². The summed E-state index contributed by atoms with van der Waals surface area (Å²) in [5.41, 5.74) is 1.63. The van der Waals surface area contributed by atoms with Gasteiger partial charge < -0.3 is 15.2 Å². The second kappa shape index (κ2) is 6.96. The van der Waals surface area contributed by atoms with Gasteiger partial charge in [-0.05, 0) is 42.7 Å². The van der Waals surface area contributed by atoms with Crippen LogP contribution < -0.4 is 10.1 Å². The standard InChI is InChI=1S/C24H22ClNO3/c25-16-11-8-15(9-12-16)10-13-19(27)22-21-17-5-1-2-7-20(17)29-24(26-23(22)28)14-4-3-6-18(21)24/h1-2,5,7-13,18,21,27H,3-4,6,14H2,(H,26,28)/b13-10+,22-19-. The second-order valence-corrected chi connectivity index (χ2v) is 8.43. The number of rotatable bonds is 2. The highest BCUT2D eigenvalue weighted by Crippen LogP contribution is 2.55. The van der Waals surface area contributed by atoms with Gasteiger partial charge >= 0.3 is 0 Å². The van der Waals surface area contributed by atoms with E-state index >= 15 is 0 Å². The van der Waals surface area contributed by atoms with Crippen LogP contribution in [0, 0.1) is 5.92 Å². The first-order chi connectivity index (χ1) is 14.1. The van der Waals surface area contributed by atoms with Gasteiger partial charge in [0.2, 0.25) is 0 Å². The quantitative estimate of drug-likeness (QED) is 0.520. The molecule has 2 fully saturated rings. The number of benzene rings is 2. The third-order valence-electron chi connectivity index (χ3n) is 6.32. The molecule has 3 atom stereocenters. The van der Waals surface area contributed by atoms with Gasteiger partial charge in [-0.2, -0.15) is 0 Å². The van der Waals surface area contributed by atoms with Crippen LogP contribution in [0.3, 0.4) is 0 Å². The smallest absolute Gasteiger partial charge is 0.254 e. The average molecular weight is 408 g/mol. The number of para-hydroxylation sites is 1. The highest BCUT2D eigenvalue weighted by atomic mass is 35.5. The summed E-state index contributed by atoms with van der Waals surface area (Å²) >= 11 is 5.94. The zero-order valence-electron chi connectivity index (χ0n) is 15.9. The molecule has 0 radical (unpaired) electrons. The zero-order valence-corrected chi connectivity index (χ0v) is 16.7. The Bertz CT molecular complexity index is 1030. The van der Waals surface area contributed by atoms with E-state index in [0.717, 1.165) is 42.6 Å². The van der Waals surface area contributed by atoms with E-state index in [-0.39, 0.29) is 23.5 Å². The Hall–Kier alpha value is -2.72. The molecule has 2 bridgehead atoms. The lowest BCUT2D eigenvalue weighted by Gasteiger charge is -2.54. The van der Waals surface area contributed by atoms with Crippen LogP contribution in [-0.2, 0) is 4.79 Å². The molecule has 148 valence electrons. The Labute approximate surface area is 174 Å². The van der Waals surface area contributed by atoms with E-state index in [1.165, 1.54) is 0 Å². The number of fused-ring (bicyclic) bond motifs is 2. The van der Waals surface area contributed by atoms with Crippen LogP contribution in [0.25, 0.3) is 6.08 Å². The maximum absolute atomic E-state index is 13.1. The highest BCUT2D eigenvalue weighted by Gasteiger charge is 2.57. The molecule has 2 heterocycles. The first kappa shape index (κ1) is 18.3. The summed E-state index contributed by atoms with van der Waals surface area (Å²) in [7, 11) is 0. The summed E-state index contributed by atoms with van der Waals surface area (Å²) in [4.78, 5) is 13.1. The molecule has 3 unspecified atom stereocenters. The Kier molecular flexibility index (Phi) is 4.39. The van der Waals surface area contributed by atoms with Crippen molar-refractivity contribution in [1.29, 1.82) is 0 Å². The monoisotopic (exact) mass is 407 g/mol. The van der Waals surface area contributed by atoms with Crippen molar-refractivity contribution in [1.82, 2.24) is 5.32 Å². The van der Waals surface area contributed by atoms with Crippen molar-refractivity contribution in [3.05, 3.63) is 82.1 Å². The summed E-state index contributed by atoms with van der Waals surface area (Å²) in [6.45, 7) is 0. The minimum atomic E-state index is -0.669. The molecule has 1 amide bonds.